The van der Waals surface area contributed by atoms with Gasteiger partial charge in [0.25, 0.3) is 0 Å². The molecule has 94 valence electrons. The number of unbranched alkanes of at least 4 members (excludes halogenated alkanes) is 5. The quantitative estimate of drug-likeness (QED) is 0.461. The van der Waals surface area contributed by atoms with Gasteiger partial charge in [-0.1, -0.05) is 39.0 Å². The van der Waals surface area contributed by atoms with Crippen molar-refractivity contribution < 1.29 is 14.6 Å². The Hall–Kier alpha value is -0.570. The van der Waals surface area contributed by atoms with Crippen molar-refractivity contribution in [1.82, 2.24) is 0 Å². The molecule has 3 nitrogen and oxygen atoms in total. The van der Waals surface area contributed by atoms with E-state index in [0.717, 1.165) is 25.4 Å². The number of ether oxygens (including phenoxy) is 1. The van der Waals surface area contributed by atoms with Crippen molar-refractivity contribution in [3.8, 4) is 0 Å². The van der Waals surface area contributed by atoms with Crippen LogP contribution in [0.4, 0.5) is 0 Å². The van der Waals surface area contributed by atoms with Crippen LogP contribution < -0.4 is 0 Å². The summed E-state index contributed by atoms with van der Waals surface area (Å²) in [6.07, 6.45) is 9.06. The molecule has 0 aromatic heterocycles. The van der Waals surface area contributed by atoms with Gasteiger partial charge in [0.05, 0.1) is 12.7 Å². The van der Waals surface area contributed by atoms with E-state index in [4.69, 9.17) is 9.84 Å². The number of aliphatic carboxylic acids is 1. The van der Waals surface area contributed by atoms with Crippen molar-refractivity contribution in [3.05, 3.63) is 0 Å². The lowest BCUT2D eigenvalue weighted by Gasteiger charge is -2.07. The fourth-order valence-corrected chi connectivity index (χ4v) is 2.02. The predicted molar refractivity (Wildman–Crippen MR) is 63.5 cm³/mol. The third-order valence-corrected chi connectivity index (χ3v) is 3.29. The van der Waals surface area contributed by atoms with E-state index >= 15 is 0 Å². The van der Waals surface area contributed by atoms with Crippen molar-refractivity contribution in [2.24, 2.45) is 5.92 Å². The molecule has 1 aliphatic heterocycles. The van der Waals surface area contributed by atoms with Crippen molar-refractivity contribution >= 4 is 5.97 Å². The highest BCUT2D eigenvalue weighted by Crippen LogP contribution is 2.24. The SMILES string of the molecule is CC(CCCCCCCCC(=O)O)C1CO1. The fraction of sp³-hybridized carbons (Fsp3) is 0.923. The Morgan fingerprint density at radius 1 is 1.25 bits per heavy atom. The summed E-state index contributed by atoms with van der Waals surface area (Å²) in [7, 11) is 0. The first-order valence-electron chi connectivity index (χ1n) is 6.53. The van der Waals surface area contributed by atoms with Crippen LogP contribution in [0.2, 0.25) is 0 Å². The first-order valence-corrected chi connectivity index (χ1v) is 6.53. The van der Waals surface area contributed by atoms with Gasteiger partial charge in [0.15, 0.2) is 0 Å². The van der Waals surface area contributed by atoms with Gasteiger partial charge in [0, 0.05) is 6.42 Å². The minimum absolute atomic E-state index is 0.329. The molecule has 1 saturated heterocycles. The maximum atomic E-state index is 10.3. The standard InChI is InChI=1S/C13H24O3/c1-11(12-10-16-12)8-6-4-2-3-5-7-9-13(14)15/h11-12H,2-10H2,1H3,(H,14,15). The van der Waals surface area contributed by atoms with Gasteiger partial charge in [0.1, 0.15) is 0 Å². The van der Waals surface area contributed by atoms with Crippen molar-refractivity contribution in [1.29, 1.82) is 0 Å². The highest BCUT2D eigenvalue weighted by Gasteiger charge is 2.28. The van der Waals surface area contributed by atoms with Crippen LogP contribution in [0.15, 0.2) is 0 Å². The summed E-state index contributed by atoms with van der Waals surface area (Å²) in [5, 5.41) is 8.46. The van der Waals surface area contributed by atoms with E-state index in [1.54, 1.807) is 0 Å². The van der Waals surface area contributed by atoms with E-state index in [-0.39, 0.29) is 0 Å². The lowest BCUT2D eigenvalue weighted by molar-refractivity contribution is -0.137. The molecule has 2 unspecified atom stereocenters. The van der Waals surface area contributed by atoms with Crippen LogP contribution in [-0.2, 0) is 9.53 Å². The Morgan fingerprint density at radius 2 is 1.81 bits per heavy atom. The number of carbonyl (C=O) groups is 1. The van der Waals surface area contributed by atoms with Crippen LogP contribution in [-0.4, -0.2) is 23.8 Å². The highest BCUT2D eigenvalue weighted by molar-refractivity contribution is 5.66. The van der Waals surface area contributed by atoms with Crippen LogP contribution in [0.1, 0.15) is 58.3 Å². The molecule has 0 radical (unpaired) electrons. The second-order valence-corrected chi connectivity index (χ2v) is 4.90. The molecule has 0 aliphatic carbocycles. The summed E-state index contributed by atoms with van der Waals surface area (Å²) in [6, 6.07) is 0. The number of hydrogen-bond donors (Lipinski definition) is 1. The van der Waals surface area contributed by atoms with E-state index in [1.807, 2.05) is 0 Å². The van der Waals surface area contributed by atoms with Crippen LogP contribution in [0.25, 0.3) is 0 Å². The Bertz CT molecular complexity index is 199. The van der Waals surface area contributed by atoms with Gasteiger partial charge >= 0.3 is 5.97 Å². The molecule has 0 aromatic carbocycles. The second kappa shape index (κ2) is 7.66. The number of epoxide rings is 1. The highest BCUT2D eigenvalue weighted by atomic mass is 16.6. The number of carboxylic acid groups (broad SMARTS) is 1. The molecule has 0 bridgehead atoms. The molecule has 0 aromatic rings. The van der Waals surface area contributed by atoms with Crippen molar-refractivity contribution in [2.75, 3.05) is 6.61 Å². The summed E-state index contributed by atoms with van der Waals surface area (Å²) in [5.74, 6) is 0.0604. The predicted octanol–water partition coefficient (Wildman–Crippen LogP) is 3.23. The summed E-state index contributed by atoms with van der Waals surface area (Å²) in [6.45, 7) is 3.24. The van der Waals surface area contributed by atoms with Crippen LogP contribution in [0.5, 0.6) is 0 Å². The third kappa shape index (κ3) is 6.83. The van der Waals surface area contributed by atoms with Gasteiger partial charge in [-0.25, -0.2) is 0 Å². The monoisotopic (exact) mass is 228 g/mol. The van der Waals surface area contributed by atoms with Crippen molar-refractivity contribution in [2.45, 2.75) is 64.4 Å². The maximum Gasteiger partial charge on any atom is 0.303 e. The molecule has 3 heteroatoms. The van der Waals surface area contributed by atoms with Crippen molar-refractivity contribution in [3.63, 3.8) is 0 Å². The number of hydrogen-bond acceptors (Lipinski definition) is 2. The third-order valence-electron chi connectivity index (χ3n) is 3.29. The van der Waals surface area contributed by atoms with Gasteiger partial charge in [-0.2, -0.15) is 0 Å². The summed E-state index contributed by atoms with van der Waals surface area (Å²) >= 11 is 0. The van der Waals surface area contributed by atoms with Crippen LogP contribution in [0.3, 0.4) is 0 Å². The normalized spacial score (nSPS) is 20.7. The van der Waals surface area contributed by atoms with Crippen LogP contribution >= 0.6 is 0 Å². The number of rotatable bonds is 10. The van der Waals surface area contributed by atoms with E-state index in [1.165, 1.54) is 32.1 Å². The Morgan fingerprint density at radius 3 is 2.38 bits per heavy atom. The zero-order chi connectivity index (χ0) is 11.8. The molecule has 16 heavy (non-hydrogen) atoms. The fourth-order valence-electron chi connectivity index (χ4n) is 2.02. The van der Waals surface area contributed by atoms with E-state index in [2.05, 4.69) is 6.92 Å². The van der Waals surface area contributed by atoms with E-state index in [9.17, 15) is 4.79 Å². The topological polar surface area (TPSA) is 49.8 Å². The maximum absolute atomic E-state index is 10.3. The zero-order valence-electron chi connectivity index (χ0n) is 10.3. The first-order chi connectivity index (χ1) is 7.70. The second-order valence-electron chi connectivity index (χ2n) is 4.90. The van der Waals surface area contributed by atoms with Gasteiger partial charge in [-0.05, 0) is 18.8 Å². The summed E-state index contributed by atoms with van der Waals surface area (Å²) in [4.78, 5) is 10.3. The smallest absolute Gasteiger partial charge is 0.303 e. The molecule has 1 N–H and O–H groups in total. The average molecular weight is 228 g/mol. The molecule has 1 heterocycles. The van der Waals surface area contributed by atoms with E-state index < -0.39 is 5.97 Å². The lowest BCUT2D eigenvalue weighted by atomic mass is 9.99. The van der Waals surface area contributed by atoms with Gasteiger partial charge in [0.2, 0.25) is 0 Å². The Kier molecular flexibility index (Phi) is 6.46. The van der Waals surface area contributed by atoms with Gasteiger partial charge < -0.3 is 9.84 Å². The minimum atomic E-state index is -0.668. The first kappa shape index (κ1) is 13.5. The summed E-state index contributed by atoms with van der Waals surface area (Å²) < 4.78 is 5.25. The molecular formula is C13H24O3. The lowest BCUT2D eigenvalue weighted by Crippen LogP contribution is -2.02. The summed E-state index contributed by atoms with van der Waals surface area (Å²) in [5.41, 5.74) is 0. The van der Waals surface area contributed by atoms with Gasteiger partial charge in [-0.15, -0.1) is 0 Å². The average Bonchev–Trinajstić information content (AvgIpc) is 3.04. The molecule has 0 spiro atoms. The number of carboxylic acids is 1. The Labute approximate surface area is 98.2 Å². The molecular weight excluding hydrogens is 204 g/mol. The molecule has 0 amide bonds. The molecule has 1 aliphatic rings. The van der Waals surface area contributed by atoms with Crippen LogP contribution in [0, 0.1) is 5.92 Å². The van der Waals surface area contributed by atoms with Gasteiger partial charge in [-0.3, -0.25) is 4.79 Å². The Balaban J connectivity index is 1.75. The van der Waals surface area contributed by atoms with E-state index in [0.29, 0.717) is 12.5 Å². The largest absolute Gasteiger partial charge is 0.481 e. The molecule has 1 fully saturated rings. The molecule has 0 saturated carbocycles. The molecule has 2 atom stereocenters. The molecule has 1 rings (SSSR count). The zero-order valence-corrected chi connectivity index (χ0v) is 10.3. The minimum Gasteiger partial charge on any atom is -0.481 e.